The van der Waals surface area contributed by atoms with Gasteiger partial charge in [0, 0.05) is 30.2 Å². The van der Waals surface area contributed by atoms with Gasteiger partial charge in [-0.3, -0.25) is 4.90 Å². The second kappa shape index (κ2) is 2.36. The molecule has 0 atom stereocenters. The number of hydrogen-bond acceptors (Lipinski definition) is 1. The first-order chi connectivity index (χ1) is 6.34. The van der Waals surface area contributed by atoms with Crippen molar-refractivity contribution < 1.29 is 0 Å². The van der Waals surface area contributed by atoms with Gasteiger partial charge in [-0.05, 0) is 30.3 Å². The summed E-state index contributed by atoms with van der Waals surface area (Å²) in [5.41, 5.74) is 4.24. The van der Waals surface area contributed by atoms with Gasteiger partial charge in [0.05, 0.1) is 0 Å². The van der Waals surface area contributed by atoms with Crippen LogP contribution in [0.3, 0.4) is 0 Å². The van der Waals surface area contributed by atoms with Crippen LogP contribution in [0.25, 0.3) is 10.9 Å². The van der Waals surface area contributed by atoms with E-state index in [0.29, 0.717) is 0 Å². The molecule has 0 saturated carbocycles. The van der Waals surface area contributed by atoms with Crippen molar-refractivity contribution in [2.45, 2.75) is 13.1 Å². The predicted octanol–water partition coefficient (Wildman–Crippen LogP) is 2.11. The Balaban J connectivity index is 2.34. The van der Waals surface area contributed by atoms with Gasteiger partial charge in [0.1, 0.15) is 0 Å². The minimum absolute atomic E-state index is 1.09. The summed E-state index contributed by atoms with van der Waals surface area (Å²) in [7, 11) is 2.17. The van der Waals surface area contributed by atoms with E-state index in [1.54, 1.807) is 0 Å². The molecular formula is C11H12N2. The SMILES string of the molecule is CN1Cc2ccc3[nH]ccc3c2C1. The molecule has 0 bridgehead atoms. The van der Waals surface area contributed by atoms with E-state index in [2.05, 4.69) is 35.1 Å². The van der Waals surface area contributed by atoms with Gasteiger partial charge < -0.3 is 4.98 Å². The molecule has 2 aromatic rings. The van der Waals surface area contributed by atoms with Crippen LogP contribution in [-0.4, -0.2) is 16.9 Å². The summed E-state index contributed by atoms with van der Waals surface area (Å²) in [6.45, 7) is 2.18. The van der Waals surface area contributed by atoms with Crippen LogP contribution in [-0.2, 0) is 13.1 Å². The third-order valence-electron chi connectivity index (χ3n) is 2.81. The van der Waals surface area contributed by atoms with Gasteiger partial charge in [0.15, 0.2) is 0 Å². The molecule has 0 saturated heterocycles. The van der Waals surface area contributed by atoms with Gasteiger partial charge in [-0.25, -0.2) is 0 Å². The molecule has 2 heterocycles. The Morgan fingerprint density at radius 1 is 1.23 bits per heavy atom. The topological polar surface area (TPSA) is 19.0 Å². The molecule has 2 heteroatoms. The van der Waals surface area contributed by atoms with Crippen LogP contribution in [0, 0.1) is 0 Å². The molecule has 1 aromatic heterocycles. The number of H-pyrrole nitrogens is 1. The van der Waals surface area contributed by atoms with Gasteiger partial charge in [-0.1, -0.05) is 6.07 Å². The Morgan fingerprint density at radius 2 is 2.15 bits per heavy atom. The molecule has 1 aromatic carbocycles. The van der Waals surface area contributed by atoms with Gasteiger partial charge in [0.2, 0.25) is 0 Å². The average molecular weight is 172 g/mol. The van der Waals surface area contributed by atoms with Crippen molar-refractivity contribution >= 4 is 10.9 Å². The zero-order valence-corrected chi connectivity index (χ0v) is 7.67. The number of aromatic amines is 1. The maximum absolute atomic E-state index is 3.25. The summed E-state index contributed by atoms with van der Waals surface area (Å²) in [6, 6.07) is 6.58. The molecule has 0 aliphatic carbocycles. The molecule has 0 amide bonds. The van der Waals surface area contributed by atoms with Gasteiger partial charge in [-0.15, -0.1) is 0 Å². The Kier molecular flexibility index (Phi) is 1.30. The molecule has 1 aliphatic heterocycles. The highest BCUT2D eigenvalue weighted by Crippen LogP contribution is 2.28. The van der Waals surface area contributed by atoms with E-state index in [-0.39, 0.29) is 0 Å². The highest BCUT2D eigenvalue weighted by molar-refractivity contribution is 5.84. The zero-order valence-electron chi connectivity index (χ0n) is 7.67. The van der Waals surface area contributed by atoms with Crippen LogP contribution >= 0.6 is 0 Å². The molecule has 2 nitrogen and oxygen atoms in total. The molecule has 0 radical (unpaired) electrons. The Hall–Kier alpha value is -1.28. The summed E-state index contributed by atoms with van der Waals surface area (Å²) >= 11 is 0. The molecule has 66 valence electrons. The second-order valence-electron chi connectivity index (χ2n) is 3.81. The molecule has 1 N–H and O–H groups in total. The second-order valence-corrected chi connectivity index (χ2v) is 3.81. The minimum atomic E-state index is 1.09. The van der Waals surface area contributed by atoms with E-state index in [9.17, 15) is 0 Å². The fourth-order valence-corrected chi connectivity index (χ4v) is 2.19. The van der Waals surface area contributed by atoms with Crippen LogP contribution in [0.1, 0.15) is 11.1 Å². The monoisotopic (exact) mass is 172 g/mol. The van der Waals surface area contributed by atoms with Crippen molar-refractivity contribution in [2.24, 2.45) is 0 Å². The van der Waals surface area contributed by atoms with E-state index in [1.165, 1.54) is 22.0 Å². The lowest BCUT2D eigenvalue weighted by Gasteiger charge is -2.02. The molecule has 0 fully saturated rings. The van der Waals surface area contributed by atoms with Crippen molar-refractivity contribution in [1.82, 2.24) is 9.88 Å². The standard InChI is InChI=1S/C11H12N2/c1-13-6-8-2-3-11-9(4-5-12-11)10(8)7-13/h2-5,12H,6-7H2,1H3. The van der Waals surface area contributed by atoms with Crippen LogP contribution < -0.4 is 0 Å². The molecule has 3 rings (SSSR count). The summed E-state index contributed by atoms with van der Waals surface area (Å²) in [4.78, 5) is 5.59. The first-order valence-corrected chi connectivity index (χ1v) is 4.61. The lowest BCUT2D eigenvalue weighted by molar-refractivity contribution is 0.353. The number of hydrogen-bond donors (Lipinski definition) is 1. The smallest absolute Gasteiger partial charge is 0.0457 e. The maximum Gasteiger partial charge on any atom is 0.0457 e. The quantitative estimate of drug-likeness (QED) is 0.645. The van der Waals surface area contributed by atoms with Crippen LogP contribution in [0.2, 0.25) is 0 Å². The summed E-state index contributed by atoms with van der Waals surface area (Å²) in [5, 5.41) is 1.39. The fraction of sp³-hybridized carbons (Fsp3) is 0.273. The molecule has 13 heavy (non-hydrogen) atoms. The highest BCUT2D eigenvalue weighted by atomic mass is 15.1. The van der Waals surface area contributed by atoms with Crippen molar-refractivity contribution in [2.75, 3.05) is 7.05 Å². The lowest BCUT2D eigenvalue weighted by Crippen LogP contribution is -2.07. The van der Waals surface area contributed by atoms with Crippen LogP contribution in [0.4, 0.5) is 0 Å². The Labute approximate surface area is 77.2 Å². The van der Waals surface area contributed by atoms with Crippen LogP contribution in [0.15, 0.2) is 24.4 Å². The molecular weight excluding hydrogens is 160 g/mol. The summed E-state index contributed by atoms with van der Waals surface area (Å²) in [5.74, 6) is 0. The summed E-state index contributed by atoms with van der Waals surface area (Å²) in [6.07, 6.45) is 2.02. The predicted molar refractivity (Wildman–Crippen MR) is 53.5 cm³/mol. The molecule has 0 spiro atoms. The first kappa shape index (κ1) is 7.15. The number of benzene rings is 1. The van der Waals surface area contributed by atoms with Crippen molar-refractivity contribution in [3.63, 3.8) is 0 Å². The third kappa shape index (κ3) is 0.923. The number of nitrogens with zero attached hydrogens (tertiary/aromatic N) is 1. The fourth-order valence-electron chi connectivity index (χ4n) is 2.19. The molecule has 1 aliphatic rings. The van der Waals surface area contributed by atoms with Gasteiger partial charge >= 0.3 is 0 Å². The Bertz CT molecular complexity index is 456. The van der Waals surface area contributed by atoms with Crippen molar-refractivity contribution in [1.29, 1.82) is 0 Å². The number of rotatable bonds is 0. The zero-order chi connectivity index (χ0) is 8.84. The maximum atomic E-state index is 3.25. The normalized spacial score (nSPS) is 16.7. The number of nitrogens with one attached hydrogen (secondary N) is 1. The van der Waals surface area contributed by atoms with E-state index in [0.717, 1.165) is 13.1 Å². The number of aromatic nitrogens is 1. The highest BCUT2D eigenvalue weighted by Gasteiger charge is 2.17. The van der Waals surface area contributed by atoms with Gasteiger partial charge in [-0.2, -0.15) is 0 Å². The first-order valence-electron chi connectivity index (χ1n) is 4.61. The number of fused-ring (bicyclic) bond motifs is 3. The molecule has 0 unspecified atom stereocenters. The lowest BCUT2D eigenvalue weighted by atomic mass is 10.1. The van der Waals surface area contributed by atoms with Crippen LogP contribution in [0.5, 0.6) is 0 Å². The summed E-state index contributed by atoms with van der Waals surface area (Å²) < 4.78 is 0. The van der Waals surface area contributed by atoms with E-state index >= 15 is 0 Å². The van der Waals surface area contributed by atoms with Crippen molar-refractivity contribution in [3.8, 4) is 0 Å². The average Bonchev–Trinajstić information content (AvgIpc) is 2.65. The third-order valence-corrected chi connectivity index (χ3v) is 2.81. The Morgan fingerprint density at radius 3 is 3.08 bits per heavy atom. The minimum Gasteiger partial charge on any atom is -0.361 e. The van der Waals surface area contributed by atoms with Gasteiger partial charge in [0.25, 0.3) is 0 Å². The van der Waals surface area contributed by atoms with E-state index in [4.69, 9.17) is 0 Å². The van der Waals surface area contributed by atoms with E-state index < -0.39 is 0 Å². The largest absolute Gasteiger partial charge is 0.361 e. The van der Waals surface area contributed by atoms with E-state index in [1.807, 2.05) is 6.20 Å². The van der Waals surface area contributed by atoms with Crippen molar-refractivity contribution in [3.05, 3.63) is 35.5 Å².